The second-order valence-electron chi connectivity index (χ2n) is 7.30. The lowest BCUT2D eigenvalue weighted by molar-refractivity contribution is -0.124. The number of allylic oxidation sites excluding steroid dienone is 2. The summed E-state index contributed by atoms with van der Waals surface area (Å²) in [6.45, 7) is 9.43. The first-order valence-corrected chi connectivity index (χ1v) is 9.55. The Morgan fingerprint density at radius 1 is 1.32 bits per heavy atom. The van der Waals surface area contributed by atoms with Crippen LogP contribution in [0, 0.1) is 0 Å². The van der Waals surface area contributed by atoms with Crippen LogP contribution in [0.1, 0.15) is 37.0 Å². The number of fused-ring (bicyclic) bond motifs is 1. The van der Waals surface area contributed by atoms with Gasteiger partial charge < -0.3 is 14.5 Å². The molecule has 0 N–H and O–H groups in total. The van der Waals surface area contributed by atoms with Crippen molar-refractivity contribution >= 4 is 17.6 Å². The molecule has 0 aromatic carbocycles. The highest BCUT2D eigenvalue weighted by Gasteiger charge is 2.29. The topological polar surface area (TPSA) is 66.0 Å². The van der Waals surface area contributed by atoms with Crippen molar-refractivity contribution in [2.24, 2.45) is 0 Å². The first-order valence-electron chi connectivity index (χ1n) is 9.55. The number of carbonyl (C=O) groups excluding carboxylic acids is 2. The lowest BCUT2D eigenvalue weighted by Crippen LogP contribution is -2.36. The van der Waals surface area contributed by atoms with Crippen molar-refractivity contribution in [2.45, 2.75) is 32.7 Å². The fraction of sp³-hybridized carbons (Fsp3) is 0.381. The van der Waals surface area contributed by atoms with Gasteiger partial charge in [0, 0.05) is 43.3 Å². The Hall–Kier alpha value is -3.09. The highest BCUT2D eigenvalue weighted by atomic mass is 16.5. The Balaban J connectivity index is 1.60. The molecule has 0 unspecified atom stereocenters. The molecule has 0 radical (unpaired) electrons. The quantitative estimate of drug-likeness (QED) is 0.789. The molecule has 7 heteroatoms. The lowest BCUT2D eigenvalue weighted by atomic mass is 10.1. The van der Waals surface area contributed by atoms with E-state index in [1.165, 1.54) is 11.8 Å². The highest BCUT2D eigenvalue weighted by Crippen LogP contribution is 2.34. The average molecular weight is 380 g/mol. The molecule has 0 spiro atoms. The fourth-order valence-electron chi connectivity index (χ4n) is 3.88. The molecular formula is C21H24N4O3. The molecule has 7 nitrogen and oxygen atoms in total. The fourth-order valence-corrected chi connectivity index (χ4v) is 3.88. The third-order valence-corrected chi connectivity index (χ3v) is 5.39. The molecule has 2 amide bonds. The van der Waals surface area contributed by atoms with Crippen LogP contribution in [0.3, 0.4) is 0 Å². The molecule has 0 saturated carbocycles. The summed E-state index contributed by atoms with van der Waals surface area (Å²) in [5, 5.41) is 0. The minimum Gasteiger partial charge on any atom is -0.488 e. The number of hydrogen-bond donors (Lipinski definition) is 0. The zero-order valence-corrected chi connectivity index (χ0v) is 16.2. The predicted octanol–water partition coefficient (Wildman–Crippen LogP) is 2.68. The van der Waals surface area contributed by atoms with Crippen molar-refractivity contribution in [3.05, 3.63) is 54.2 Å². The normalized spacial score (nSPS) is 21.4. The number of rotatable bonds is 2. The molecule has 146 valence electrons. The molecule has 1 fully saturated rings. The van der Waals surface area contributed by atoms with Crippen molar-refractivity contribution in [2.75, 3.05) is 24.6 Å². The van der Waals surface area contributed by atoms with E-state index in [0.717, 1.165) is 25.1 Å². The van der Waals surface area contributed by atoms with Gasteiger partial charge in [0.2, 0.25) is 5.91 Å². The molecule has 3 aliphatic rings. The van der Waals surface area contributed by atoms with Crippen LogP contribution >= 0.6 is 0 Å². The van der Waals surface area contributed by atoms with E-state index >= 15 is 0 Å². The van der Waals surface area contributed by atoms with Gasteiger partial charge in [0.1, 0.15) is 6.61 Å². The lowest BCUT2D eigenvalue weighted by Gasteiger charge is -2.33. The van der Waals surface area contributed by atoms with Crippen molar-refractivity contribution in [3.8, 4) is 5.75 Å². The number of hydrogen-bond acceptors (Lipinski definition) is 5. The van der Waals surface area contributed by atoms with Gasteiger partial charge in [-0.3, -0.25) is 14.5 Å². The number of anilines is 1. The summed E-state index contributed by atoms with van der Waals surface area (Å²) in [6.07, 6.45) is 9.12. The minimum absolute atomic E-state index is 0.00304. The molecule has 28 heavy (non-hydrogen) atoms. The zero-order chi connectivity index (χ0) is 19.8. The van der Waals surface area contributed by atoms with Crippen molar-refractivity contribution in [1.82, 2.24) is 14.8 Å². The maximum atomic E-state index is 12.8. The van der Waals surface area contributed by atoms with Gasteiger partial charge in [-0.05, 0) is 38.0 Å². The summed E-state index contributed by atoms with van der Waals surface area (Å²) in [4.78, 5) is 34.4. The standard InChI is InChI=1S/C21H24N4O3/c1-14-5-4-7-24(14)21(27)17-12-19-20(22-13-17)25(9-10-28-19)18-6-8-23(16(3)26)15(2)11-18/h6,8,11-14H,2,4-5,7,9-10H2,1,3H3/t14-/m0/s1. The number of ether oxygens (including phenoxy) is 1. The molecular weight excluding hydrogens is 356 g/mol. The van der Waals surface area contributed by atoms with Crippen LogP contribution in [0.15, 0.2) is 48.6 Å². The van der Waals surface area contributed by atoms with E-state index in [1.54, 1.807) is 18.5 Å². The Bertz CT molecular complexity index is 905. The average Bonchev–Trinajstić information content (AvgIpc) is 3.12. The molecule has 1 aromatic heterocycles. The molecule has 1 atom stereocenters. The van der Waals surface area contributed by atoms with Gasteiger partial charge in [0.05, 0.1) is 12.1 Å². The summed E-state index contributed by atoms with van der Waals surface area (Å²) >= 11 is 0. The summed E-state index contributed by atoms with van der Waals surface area (Å²) in [7, 11) is 0. The molecule has 1 saturated heterocycles. The number of aromatic nitrogens is 1. The van der Waals surface area contributed by atoms with E-state index in [9.17, 15) is 9.59 Å². The Labute approximate surface area is 164 Å². The Morgan fingerprint density at radius 2 is 2.14 bits per heavy atom. The van der Waals surface area contributed by atoms with Gasteiger partial charge in [-0.1, -0.05) is 6.58 Å². The maximum Gasteiger partial charge on any atom is 0.255 e. The molecule has 3 aliphatic heterocycles. The summed E-state index contributed by atoms with van der Waals surface area (Å²) in [5.74, 6) is 1.18. The highest BCUT2D eigenvalue weighted by molar-refractivity contribution is 5.95. The molecule has 0 aliphatic carbocycles. The number of carbonyl (C=O) groups is 2. The van der Waals surface area contributed by atoms with E-state index in [2.05, 4.69) is 18.5 Å². The first-order chi connectivity index (χ1) is 13.5. The van der Waals surface area contributed by atoms with Crippen molar-refractivity contribution < 1.29 is 14.3 Å². The third-order valence-electron chi connectivity index (χ3n) is 5.39. The Morgan fingerprint density at radius 3 is 2.82 bits per heavy atom. The van der Waals surface area contributed by atoms with Gasteiger partial charge in [-0.25, -0.2) is 4.98 Å². The van der Waals surface area contributed by atoms with Crippen LogP contribution in [0.2, 0.25) is 0 Å². The second-order valence-corrected chi connectivity index (χ2v) is 7.30. The van der Waals surface area contributed by atoms with Crippen molar-refractivity contribution in [3.63, 3.8) is 0 Å². The predicted molar refractivity (Wildman–Crippen MR) is 106 cm³/mol. The molecule has 4 rings (SSSR count). The van der Waals surface area contributed by atoms with Gasteiger partial charge >= 0.3 is 0 Å². The largest absolute Gasteiger partial charge is 0.488 e. The van der Waals surface area contributed by atoms with Crippen LogP contribution in [0.5, 0.6) is 5.75 Å². The summed E-state index contributed by atoms with van der Waals surface area (Å²) < 4.78 is 5.80. The van der Waals surface area contributed by atoms with E-state index < -0.39 is 0 Å². The monoisotopic (exact) mass is 380 g/mol. The summed E-state index contributed by atoms with van der Waals surface area (Å²) in [6, 6.07) is 2.04. The van der Waals surface area contributed by atoms with Crippen LogP contribution in [0.4, 0.5) is 5.82 Å². The van der Waals surface area contributed by atoms with Crippen LogP contribution in [-0.2, 0) is 4.79 Å². The zero-order valence-electron chi connectivity index (χ0n) is 16.2. The molecule has 1 aromatic rings. The number of nitrogens with zero attached hydrogens (tertiary/aromatic N) is 4. The van der Waals surface area contributed by atoms with E-state index in [4.69, 9.17) is 4.74 Å². The molecule has 4 heterocycles. The van der Waals surface area contributed by atoms with E-state index in [1.807, 2.05) is 22.0 Å². The van der Waals surface area contributed by atoms with E-state index in [0.29, 0.717) is 36.0 Å². The SMILES string of the molecule is C=C1C=C(N2CCOc3cc(C(=O)N4CCC[C@@H]4C)cnc32)C=CN1C(C)=O. The van der Waals surface area contributed by atoms with Gasteiger partial charge in [-0.15, -0.1) is 0 Å². The molecule has 0 bridgehead atoms. The minimum atomic E-state index is -0.0867. The summed E-state index contributed by atoms with van der Waals surface area (Å²) in [5.41, 5.74) is 2.04. The van der Waals surface area contributed by atoms with Crippen LogP contribution in [-0.4, -0.2) is 52.3 Å². The maximum absolute atomic E-state index is 12.8. The number of pyridine rings is 1. The smallest absolute Gasteiger partial charge is 0.255 e. The third kappa shape index (κ3) is 3.17. The Kier molecular flexibility index (Phi) is 4.66. The number of likely N-dealkylation sites (tertiary alicyclic amines) is 1. The number of amides is 2. The van der Waals surface area contributed by atoms with Gasteiger partial charge in [0.25, 0.3) is 5.91 Å². The van der Waals surface area contributed by atoms with Crippen LogP contribution < -0.4 is 9.64 Å². The van der Waals surface area contributed by atoms with Gasteiger partial charge in [-0.2, -0.15) is 0 Å². The first kappa shape index (κ1) is 18.3. The van der Waals surface area contributed by atoms with Crippen molar-refractivity contribution in [1.29, 1.82) is 0 Å². The van der Waals surface area contributed by atoms with Gasteiger partial charge in [0.15, 0.2) is 11.6 Å². The van der Waals surface area contributed by atoms with Crippen LogP contribution in [0.25, 0.3) is 0 Å². The second kappa shape index (κ2) is 7.14. The van der Waals surface area contributed by atoms with E-state index in [-0.39, 0.29) is 17.9 Å².